The second kappa shape index (κ2) is 3.33. The molecular weight excluding hydrogens is 190 g/mol. The van der Waals surface area contributed by atoms with Crippen molar-refractivity contribution >= 4 is 24.0 Å². The summed E-state index contributed by atoms with van der Waals surface area (Å²) in [7, 11) is 0. The van der Waals surface area contributed by atoms with Crippen molar-refractivity contribution < 1.29 is 4.42 Å². The predicted octanol–water partition coefficient (Wildman–Crippen LogP) is 2.83. The molecule has 0 aliphatic carbocycles. The number of rotatable bonds is 2. The van der Waals surface area contributed by atoms with E-state index in [0.717, 1.165) is 16.5 Å². The van der Waals surface area contributed by atoms with E-state index in [-0.39, 0.29) is 0 Å². The number of aromatic nitrogens is 1. The maximum Gasteiger partial charge on any atom is 0.162 e. The van der Waals surface area contributed by atoms with Crippen LogP contribution in [-0.2, 0) is 5.75 Å². The SMILES string of the molecule is SCc1csc(-c2ccco2)n1. The number of hydrogen-bond acceptors (Lipinski definition) is 4. The molecule has 0 saturated carbocycles. The first kappa shape index (κ1) is 7.89. The summed E-state index contributed by atoms with van der Waals surface area (Å²) in [4.78, 5) is 4.32. The lowest BCUT2D eigenvalue weighted by molar-refractivity contribution is 0.581. The third-order valence-corrected chi connectivity index (χ3v) is 2.68. The largest absolute Gasteiger partial charge is 0.462 e. The summed E-state index contributed by atoms with van der Waals surface area (Å²) in [5.41, 5.74) is 0.995. The Bertz CT molecular complexity index is 353. The van der Waals surface area contributed by atoms with E-state index in [1.54, 1.807) is 17.6 Å². The van der Waals surface area contributed by atoms with Crippen molar-refractivity contribution in [2.24, 2.45) is 0 Å². The minimum atomic E-state index is 0.678. The van der Waals surface area contributed by atoms with Gasteiger partial charge in [0, 0.05) is 11.1 Å². The summed E-state index contributed by atoms with van der Waals surface area (Å²) in [6, 6.07) is 3.76. The van der Waals surface area contributed by atoms with Gasteiger partial charge in [0.25, 0.3) is 0 Å². The van der Waals surface area contributed by atoms with Gasteiger partial charge < -0.3 is 4.42 Å². The van der Waals surface area contributed by atoms with Crippen LogP contribution in [-0.4, -0.2) is 4.98 Å². The Morgan fingerprint density at radius 3 is 3.08 bits per heavy atom. The van der Waals surface area contributed by atoms with Crippen LogP contribution in [0.3, 0.4) is 0 Å². The molecule has 0 radical (unpaired) electrons. The van der Waals surface area contributed by atoms with Crippen LogP contribution in [0.1, 0.15) is 5.69 Å². The third-order valence-electron chi connectivity index (χ3n) is 1.45. The van der Waals surface area contributed by atoms with Gasteiger partial charge in [0.05, 0.1) is 12.0 Å². The molecule has 0 aliphatic heterocycles. The fraction of sp³-hybridized carbons (Fsp3) is 0.125. The number of thiol groups is 1. The summed E-state index contributed by atoms with van der Waals surface area (Å²) in [6.45, 7) is 0. The number of furan rings is 1. The van der Waals surface area contributed by atoms with E-state index in [1.807, 2.05) is 17.5 Å². The molecule has 0 unspecified atom stereocenters. The van der Waals surface area contributed by atoms with Crippen molar-refractivity contribution in [3.63, 3.8) is 0 Å². The Kier molecular flexibility index (Phi) is 2.19. The zero-order chi connectivity index (χ0) is 8.39. The van der Waals surface area contributed by atoms with E-state index in [4.69, 9.17) is 4.42 Å². The Hall–Kier alpha value is -0.740. The molecule has 2 rings (SSSR count). The lowest BCUT2D eigenvalue weighted by Gasteiger charge is -1.86. The van der Waals surface area contributed by atoms with Gasteiger partial charge in [-0.2, -0.15) is 12.6 Å². The highest BCUT2D eigenvalue weighted by Crippen LogP contribution is 2.24. The highest BCUT2D eigenvalue weighted by atomic mass is 32.1. The average molecular weight is 197 g/mol. The van der Waals surface area contributed by atoms with E-state index in [0.29, 0.717) is 5.75 Å². The van der Waals surface area contributed by atoms with Gasteiger partial charge in [0.2, 0.25) is 0 Å². The lowest BCUT2D eigenvalue weighted by Crippen LogP contribution is -1.76. The highest BCUT2D eigenvalue weighted by molar-refractivity contribution is 7.79. The van der Waals surface area contributed by atoms with Crippen molar-refractivity contribution in [1.82, 2.24) is 4.98 Å². The number of nitrogens with zero attached hydrogens (tertiary/aromatic N) is 1. The van der Waals surface area contributed by atoms with Crippen molar-refractivity contribution in [2.45, 2.75) is 5.75 Å². The summed E-state index contributed by atoms with van der Waals surface area (Å²) in [6.07, 6.45) is 1.65. The normalized spacial score (nSPS) is 10.4. The molecular formula is C8H7NOS2. The van der Waals surface area contributed by atoms with Gasteiger partial charge in [-0.3, -0.25) is 0 Å². The molecule has 0 N–H and O–H groups in total. The molecule has 0 spiro atoms. The molecule has 4 heteroatoms. The molecule has 62 valence electrons. The molecule has 12 heavy (non-hydrogen) atoms. The molecule has 2 aromatic rings. The molecule has 0 aliphatic rings. The molecule has 0 fully saturated rings. The minimum Gasteiger partial charge on any atom is -0.462 e. The molecule has 2 aromatic heterocycles. The van der Waals surface area contributed by atoms with Gasteiger partial charge in [-0.25, -0.2) is 4.98 Å². The van der Waals surface area contributed by atoms with Crippen LogP contribution < -0.4 is 0 Å². The maximum atomic E-state index is 5.20. The quantitative estimate of drug-likeness (QED) is 0.749. The molecule has 0 bridgehead atoms. The van der Waals surface area contributed by atoms with Gasteiger partial charge in [-0.1, -0.05) is 0 Å². The first-order valence-corrected chi connectivity index (χ1v) is 5.00. The van der Waals surface area contributed by atoms with Crippen LogP contribution in [0.15, 0.2) is 28.2 Å². The van der Waals surface area contributed by atoms with Crippen LogP contribution in [0.4, 0.5) is 0 Å². The number of hydrogen-bond donors (Lipinski definition) is 1. The first-order valence-electron chi connectivity index (χ1n) is 3.49. The van der Waals surface area contributed by atoms with E-state index >= 15 is 0 Å². The Balaban J connectivity index is 2.35. The van der Waals surface area contributed by atoms with Crippen LogP contribution in [0.25, 0.3) is 10.8 Å². The predicted molar refractivity (Wildman–Crippen MR) is 52.5 cm³/mol. The van der Waals surface area contributed by atoms with Gasteiger partial charge in [0.15, 0.2) is 10.8 Å². The van der Waals surface area contributed by atoms with Crippen LogP contribution in [0, 0.1) is 0 Å². The van der Waals surface area contributed by atoms with Crippen molar-refractivity contribution in [2.75, 3.05) is 0 Å². The van der Waals surface area contributed by atoms with Crippen LogP contribution in [0.2, 0.25) is 0 Å². The standard InChI is InChI=1S/C8H7NOS2/c11-4-6-5-12-8(9-6)7-2-1-3-10-7/h1-3,5,11H,4H2. The zero-order valence-electron chi connectivity index (χ0n) is 6.23. The van der Waals surface area contributed by atoms with Crippen molar-refractivity contribution in [3.8, 4) is 10.8 Å². The van der Waals surface area contributed by atoms with Gasteiger partial charge in [-0.05, 0) is 12.1 Å². The lowest BCUT2D eigenvalue weighted by atomic mass is 10.5. The highest BCUT2D eigenvalue weighted by Gasteiger charge is 2.04. The summed E-state index contributed by atoms with van der Waals surface area (Å²) >= 11 is 5.71. The maximum absolute atomic E-state index is 5.20. The van der Waals surface area contributed by atoms with Crippen molar-refractivity contribution in [3.05, 3.63) is 29.5 Å². The summed E-state index contributed by atoms with van der Waals surface area (Å²) < 4.78 is 5.20. The van der Waals surface area contributed by atoms with Crippen LogP contribution in [0.5, 0.6) is 0 Å². The molecule has 0 amide bonds. The monoisotopic (exact) mass is 197 g/mol. The van der Waals surface area contributed by atoms with Crippen LogP contribution >= 0.6 is 24.0 Å². The van der Waals surface area contributed by atoms with E-state index in [1.165, 1.54) is 0 Å². The van der Waals surface area contributed by atoms with Gasteiger partial charge in [-0.15, -0.1) is 11.3 Å². The summed E-state index contributed by atoms with van der Waals surface area (Å²) in [5.74, 6) is 1.50. The third kappa shape index (κ3) is 1.40. The Labute approximate surface area is 79.7 Å². The van der Waals surface area contributed by atoms with E-state index in [9.17, 15) is 0 Å². The second-order valence-electron chi connectivity index (χ2n) is 2.28. The minimum absolute atomic E-state index is 0.678. The summed E-state index contributed by atoms with van der Waals surface area (Å²) in [5, 5.41) is 2.91. The van der Waals surface area contributed by atoms with Gasteiger partial charge in [0.1, 0.15) is 0 Å². The molecule has 2 nitrogen and oxygen atoms in total. The average Bonchev–Trinajstić information content (AvgIpc) is 2.75. The van der Waals surface area contributed by atoms with Gasteiger partial charge >= 0.3 is 0 Å². The van der Waals surface area contributed by atoms with Crippen molar-refractivity contribution in [1.29, 1.82) is 0 Å². The topological polar surface area (TPSA) is 26.0 Å². The first-order chi connectivity index (χ1) is 5.90. The molecule has 0 atom stereocenters. The second-order valence-corrected chi connectivity index (χ2v) is 3.45. The fourth-order valence-electron chi connectivity index (χ4n) is 0.893. The fourth-order valence-corrected chi connectivity index (χ4v) is 1.96. The smallest absolute Gasteiger partial charge is 0.162 e. The molecule has 0 aromatic carbocycles. The zero-order valence-corrected chi connectivity index (χ0v) is 7.94. The molecule has 0 saturated heterocycles. The van der Waals surface area contributed by atoms with E-state index in [2.05, 4.69) is 17.6 Å². The molecule has 2 heterocycles. The van der Waals surface area contributed by atoms with E-state index < -0.39 is 0 Å². The number of thiazole rings is 1. The Morgan fingerprint density at radius 1 is 1.58 bits per heavy atom. The Morgan fingerprint density at radius 2 is 2.50 bits per heavy atom.